The van der Waals surface area contributed by atoms with E-state index < -0.39 is 17.8 Å². The molecule has 0 rings (SSSR count). The number of hydrogen-bond acceptors (Lipinski definition) is 4. The van der Waals surface area contributed by atoms with Gasteiger partial charge in [-0.25, -0.2) is 0 Å². The molecule has 0 spiro atoms. The molecule has 0 bridgehead atoms. The van der Waals surface area contributed by atoms with E-state index >= 15 is 0 Å². The van der Waals surface area contributed by atoms with Crippen LogP contribution in [0.1, 0.15) is 0 Å². The van der Waals surface area contributed by atoms with Gasteiger partial charge in [-0.15, -0.1) is 6.58 Å². The predicted molar refractivity (Wildman–Crippen MR) is 54.1 cm³/mol. The minimum atomic E-state index is -3.58. The van der Waals surface area contributed by atoms with Crippen molar-refractivity contribution in [1.29, 1.82) is 0 Å². The van der Waals surface area contributed by atoms with Crippen molar-refractivity contribution in [2.75, 3.05) is 27.1 Å². The first-order valence-corrected chi connectivity index (χ1v) is 4.54. The highest BCUT2D eigenvalue weighted by Gasteiger charge is 2.41. The zero-order chi connectivity index (χ0) is 12.6. The standard InChI is InChI=1S/C10H16F2O4/c1-4-9(13)10(11,12)8(2)16-7-15-6-5-14-3/h4,9,13H,1-2,5-7H2,3H3. The molecule has 0 aliphatic heterocycles. The van der Waals surface area contributed by atoms with Gasteiger partial charge in [0.25, 0.3) is 0 Å². The van der Waals surface area contributed by atoms with Crippen molar-refractivity contribution in [3.63, 3.8) is 0 Å². The predicted octanol–water partition coefficient (Wildman–Crippen LogP) is 1.32. The zero-order valence-electron chi connectivity index (χ0n) is 9.12. The van der Waals surface area contributed by atoms with Gasteiger partial charge >= 0.3 is 5.92 Å². The van der Waals surface area contributed by atoms with Crippen molar-refractivity contribution in [3.05, 3.63) is 25.0 Å². The van der Waals surface area contributed by atoms with Crippen LogP contribution in [-0.2, 0) is 14.2 Å². The Labute approximate surface area is 93.1 Å². The fourth-order valence-electron chi connectivity index (χ4n) is 0.723. The molecule has 0 saturated heterocycles. The van der Waals surface area contributed by atoms with E-state index in [4.69, 9.17) is 9.84 Å². The Kier molecular flexibility index (Phi) is 6.87. The zero-order valence-corrected chi connectivity index (χ0v) is 9.12. The second-order valence-corrected chi connectivity index (χ2v) is 2.89. The van der Waals surface area contributed by atoms with Crippen LogP contribution in [0.3, 0.4) is 0 Å². The summed E-state index contributed by atoms with van der Waals surface area (Å²) in [6, 6.07) is 0. The summed E-state index contributed by atoms with van der Waals surface area (Å²) in [6.45, 7) is 6.26. The highest BCUT2D eigenvalue weighted by molar-refractivity contribution is 5.07. The van der Waals surface area contributed by atoms with E-state index in [0.29, 0.717) is 12.7 Å². The summed E-state index contributed by atoms with van der Waals surface area (Å²) in [6.07, 6.45) is -1.32. The van der Waals surface area contributed by atoms with Gasteiger partial charge in [-0.3, -0.25) is 0 Å². The van der Waals surface area contributed by atoms with Crippen LogP contribution in [0, 0.1) is 0 Å². The van der Waals surface area contributed by atoms with Crippen LogP contribution in [0.2, 0.25) is 0 Å². The monoisotopic (exact) mass is 238 g/mol. The maximum absolute atomic E-state index is 13.2. The Hall–Kier alpha value is -0.980. The first-order valence-electron chi connectivity index (χ1n) is 4.54. The molecule has 0 heterocycles. The third-order valence-corrected chi connectivity index (χ3v) is 1.71. The highest BCUT2D eigenvalue weighted by Crippen LogP contribution is 2.28. The van der Waals surface area contributed by atoms with E-state index in [2.05, 4.69) is 22.6 Å². The van der Waals surface area contributed by atoms with E-state index in [9.17, 15) is 8.78 Å². The van der Waals surface area contributed by atoms with Gasteiger partial charge in [0, 0.05) is 7.11 Å². The largest absolute Gasteiger partial charge is 0.466 e. The van der Waals surface area contributed by atoms with Crippen molar-refractivity contribution >= 4 is 0 Å². The first-order chi connectivity index (χ1) is 7.46. The van der Waals surface area contributed by atoms with Crippen LogP contribution < -0.4 is 0 Å². The van der Waals surface area contributed by atoms with Gasteiger partial charge in [0.05, 0.1) is 13.2 Å². The Morgan fingerprint density at radius 1 is 1.50 bits per heavy atom. The Bertz CT molecular complexity index is 231. The van der Waals surface area contributed by atoms with E-state index in [1.807, 2.05) is 0 Å². The van der Waals surface area contributed by atoms with E-state index in [1.165, 1.54) is 7.11 Å². The van der Waals surface area contributed by atoms with Gasteiger partial charge < -0.3 is 19.3 Å². The lowest BCUT2D eigenvalue weighted by atomic mass is 10.1. The highest BCUT2D eigenvalue weighted by atomic mass is 19.3. The summed E-state index contributed by atoms with van der Waals surface area (Å²) in [5.41, 5.74) is 0. The molecule has 0 aromatic heterocycles. The first kappa shape index (κ1) is 15.0. The molecule has 0 aromatic rings. The van der Waals surface area contributed by atoms with Gasteiger partial charge in [0.1, 0.15) is 6.10 Å². The summed E-state index contributed by atoms with van der Waals surface area (Å²) < 4.78 is 40.3. The summed E-state index contributed by atoms with van der Waals surface area (Å²) in [5.74, 6) is -4.44. The van der Waals surface area contributed by atoms with Crippen LogP contribution in [0.4, 0.5) is 8.78 Å². The normalized spacial score (nSPS) is 13.2. The van der Waals surface area contributed by atoms with Gasteiger partial charge in [-0.1, -0.05) is 12.7 Å². The fraction of sp³-hybridized carbons (Fsp3) is 0.600. The second-order valence-electron chi connectivity index (χ2n) is 2.89. The number of ether oxygens (including phenoxy) is 3. The number of methoxy groups -OCH3 is 1. The molecule has 1 atom stereocenters. The van der Waals surface area contributed by atoms with Crippen LogP contribution in [0.5, 0.6) is 0 Å². The van der Waals surface area contributed by atoms with Crippen molar-refractivity contribution in [2.24, 2.45) is 0 Å². The molecule has 0 fully saturated rings. The van der Waals surface area contributed by atoms with Crippen molar-refractivity contribution in [3.8, 4) is 0 Å². The number of halogens is 2. The van der Waals surface area contributed by atoms with Crippen LogP contribution in [0.15, 0.2) is 25.0 Å². The molecule has 0 saturated carbocycles. The number of alkyl halides is 2. The minimum Gasteiger partial charge on any atom is -0.466 e. The fourth-order valence-corrected chi connectivity index (χ4v) is 0.723. The molecular weight excluding hydrogens is 222 g/mol. The molecule has 0 amide bonds. The van der Waals surface area contributed by atoms with Crippen LogP contribution in [-0.4, -0.2) is 44.2 Å². The summed E-state index contributed by atoms with van der Waals surface area (Å²) >= 11 is 0. The molecule has 0 aromatic carbocycles. The van der Waals surface area contributed by atoms with Crippen molar-refractivity contribution < 1.29 is 28.1 Å². The van der Waals surface area contributed by atoms with Crippen molar-refractivity contribution in [2.45, 2.75) is 12.0 Å². The van der Waals surface area contributed by atoms with Gasteiger partial charge in [0.2, 0.25) is 0 Å². The molecule has 16 heavy (non-hydrogen) atoms. The minimum absolute atomic E-state index is 0.222. The smallest absolute Gasteiger partial charge is 0.332 e. The van der Waals surface area contributed by atoms with Crippen LogP contribution >= 0.6 is 0 Å². The molecule has 6 heteroatoms. The third kappa shape index (κ3) is 4.69. The van der Waals surface area contributed by atoms with Gasteiger partial charge in [-0.2, -0.15) is 8.78 Å². The lowest BCUT2D eigenvalue weighted by Crippen LogP contribution is -2.34. The summed E-state index contributed by atoms with van der Waals surface area (Å²) in [4.78, 5) is 0. The van der Waals surface area contributed by atoms with E-state index in [-0.39, 0.29) is 13.4 Å². The van der Waals surface area contributed by atoms with Gasteiger partial charge in [0.15, 0.2) is 12.6 Å². The quantitative estimate of drug-likeness (QED) is 0.285. The molecule has 94 valence electrons. The summed E-state index contributed by atoms with van der Waals surface area (Å²) in [7, 11) is 1.48. The Balaban J connectivity index is 3.91. The van der Waals surface area contributed by atoms with Gasteiger partial charge in [-0.05, 0) is 0 Å². The molecule has 1 unspecified atom stereocenters. The molecule has 0 aliphatic rings. The number of aliphatic hydroxyl groups is 1. The lowest BCUT2D eigenvalue weighted by molar-refractivity contribution is -0.122. The number of aliphatic hydroxyl groups excluding tert-OH is 1. The second kappa shape index (κ2) is 7.32. The molecule has 1 N–H and O–H groups in total. The molecular formula is C10H16F2O4. The van der Waals surface area contributed by atoms with E-state index in [1.54, 1.807) is 0 Å². The molecule has 4 nitrogen and oxygen atoms in total. The maximum Gasteiger partial charge on any atom is 0.332 e. The number of hydrogen-bond donors (Lipinski definition) is 1. The lowest BCUT2D eigenvalue weighted by Gasteiger charge is -2.22. The SMILES string of the molecule is C=CC(O)C(F)(F)C(=C)OCOCCOC. The van der Waals surface area contributed by atoms with E-state index in [0.717, 1.165) is 0 Å². The average Bonchev–Trinajstić information content (AvgIpc) is 2.27. The summed E-state index contributed by atoms with van der Waals surface area (Å²) in [5, 5.41) is 8.93. The Morgan fingerprint density at radius 2 is 2.12 bits per heavy atom. The third-order valence-electron chi connectivity index (χ3n) is 1.71. The topological polar surface area (TPSA) is 47.9 Å². The molecule has 0 radical (unpaired) electrons. The number of rotatable bonds is 9. The average molecular weight is 238 g/mol. The Morgan fingerprint density at radius 3 is 2.62 bits per heavy atom. The van der Waals surface area contributed by atoms with Crippen molar-refractivity contribution in [1.82, 2.24) is 0 Å². The maximum atomic E-state index is 13.2. The van der Waals surface area contributed by atoms with Crippen LogP contribution in [0.25, 0.3) is 0 Å². The molecule has 0 aliphatic carbocycles.